The standard InChI is InChI=1S/C16H17ClN2/c1-18-16-12-7-3-2-6-11(12)10-15(19-16)13-8-4-5-9-14(13)17/h4-5,8-10H,2-3,6-7H2,1H3,(H,18,19). The number of aromatic nitrogens is 1. The van der Waals surface area contributed by atoms with E-state index in [1.807, 2.05) is 31.3 Å². The van der Waals surface area contributed by atoms with Gasteiger partial charge in [0, 0.05) is 17.6 Å². The van der Waals surface area contributed by atoms with E-state index in [2.05, 4.69) is 11.4 Å². The van der Waals surface area contributed by atoms with Gasteiger partial charge in [-0.3, -0.25) is 0 Å². The monoisotopic (exact) mass is 272 g/mol. The largest absolute Gasteiger partial charge is 0.373 e. The normalized spacial score (nSPS) is 14.0. The van der Waals surface area contributed by atoms with Gasteiger partial charge in [0.05, 0.1) is 5.69 Å². The number of hydrogen-bond donors (Lipinski definition) is 1. The van der Waals surface area contributed by atoms with Gasteiger partial charge < -0.3 is 5.32 Å². The molecule has 2 aromatic rings. The van der Waals surface area contributed by atoms with Crippen molar-refractivity contribution in [2.75, 3.05) is 12.4 Å². The Morgan fingerprint density at radius 1 is 1.16 bits per heavy atom. The lowest BCUT2D eigenvalue weighted by Gasteiger charge is -2.20. The van der Waals surface area contributed by atoms with E-state index in [1.54, 1.807) is 0 Å². The van der Waals surface area contributed by atoms with Crippen molar-refractivity contribution in [1.29, 1.82) is 0 Å². The summed E-state index contributed by atoms with van der Waals surface area (Å²) < 4.78 is 0. The predicted molar refractivity (Wildman–Crippen MR) is 80.9 cm³/mol. The van der Waals surface area contributed by atoms with Crippen molar-refractivity contribution in [2.24, 2.45) is 0 Å². The SMILES string of the molecule is CNc1nc(-c2ccccc2Cl)cc2c1CCCC2. The van der Waals surface area contributed by atoms with E-state index in [0.717, 1.165) is 34.9 Å². The van der Waals surface area contributed by atoms with Crippen molar-refractivity contribution in [1.82, 2.24) is 4.98 Å². The molecule has 98 valence electrons. The molecule has 19 heavy (non-hydrogen) atoms. The number of pyridine rings is 1. The molecule has 0 bridgehead atoms. The molecule has 0 amide bonds. The molecule has 0 atom stereocenters. The summed E-state index contributed by atoms with van der Waals surface area (Å²) in [5.74, 6) is 1.01. The molecular formula is C16H17ClN2. The molecule has 1 aromatic carbocycles. The number of nitrogens with zero attached hydrogens (tertiary/aromatic N) is 1. The number of rotatable bonds is 2. The van der Waals surface area contributed by atoms with Gasteiger partial charge in [0.2, 0.25) is 0 Å². The summed E-state index contributed by atoms with van der Waals surface area (Å²) in [5, 5.41) is 3.99. The van der Waals surface area contributed by atoms with Gasteiger partial charge in [-0.05, 0) is 48.9 Å². The lowest BCUT2D eigenvalue weighted by atomic mass is 9.91. The third-order valence-corrected chi connectivity index (χ3v) is 4.06. The van der Waals surface area contributed by atoms with Crippen LogP contribution in [0.2, 0.25) is 5.02 Å². The third kappa shape index (κ3) is 2.33. The zero-order valence-electron chi connectivity index (χ0n) is 11.0. The van der Waals surface area contributed by atoms with E-state index in [9.17, 15) is 0 Å². The molecule has 2 nitrogen and oxygen atoms in total. The maximum atomic E-state index is 6.28. The van der Waals surface area contributed by atoms with Gasteiger partial charge in [-0.2, -0.15) is 0 Å². The highest BCUT2D eigenvalue weighted by molar-refractivity contribution is 6.33. The number of halogens is 1. The van der Waals surface area contributed by atoms with E-state index in [4.69, 9.17) is 16.6 Å². The average Bonchev–Trinajstić information content (AvgIpc) is 2.46. The van der Waals surface area contributed by atoms with E-state index in [0.29, 0.717) is 0 Å². The Labute approximate surface area is 118 Å². The summed E-state index contributed by atoms with van der Waals surface area (Å²) in [4.78, 5) is 4.74. The molecule has 0 radical (unpaired) electrons. The number of benzene rings is 1. The Balaban J connectivity index is 2.15. The van der Waals surface area contributed by atoms with Crippen molar-refractivity contribution < 1.29 is 0 Å². The van der Waals surface area contributed by atoms with Crippen LogP contribution in [0.25, 0.3) is 11.3 Å². The van der Waals surface area contributed by atoms with Gasteiger partial charge in [0.25, 0.3) is 0 Å². The summed E-state index contributed by atoms with van der Waals surface area (Å²) in [6, 6.07) is 10.1. The number of hydrogen-bond acceptors (Lipinski definition) is 2. The molecule has 3 rings (SSSR count). The number of fused-ring (bicyclic) bond motifs is 1. The Kier molecular flexibility index (Phi) is 3.43. The zero-order valence-corrected chi connectivity index (χ0v) is 11.8. The lowest BCUT2D eigenvalue weighted by molar-refractivity contribution is 0.684. The molecule has 1 aliphatic carbocycles. The second-order valence-electron chi connectivity index (χ2n) is 4.93. The van der Waals surface area contributed by atoms with E-state index in [-0.39, 0.29) is 0 Å². The van der Waals surface area contributed by atoms with Gasteiger partial charge >= 0.3 is 0 Å². The molecule has 0 saturated heterocycles. The maximum Gasteiger partial charge on any atom is 0.129 e. The van der Waals surface area contributed by atoms with Crippen LogP contribution in [0.1, 0.15) is 24.0 Å². The summed E-state index contributed by atoms with van der Waals surface area (Å²) in [5.41, 5.74) is 4.77. The molecule has 0 spiro atoms. The quantitative estimate of drug-likeness (QED) is 0.881. The fourth-order valence-corrected chi connectivity index (χ4v) is 2.99. The molecule has 3 heteroatoms. The molecule has 0 aliphatic heterocycles. The van der Waals surface area contributed by atoms with Gasteiger partial charge in [0.15, 0.2) is 0 Å². The molecule has 0 saturated carbocycles. The Hall–Kier alpha value is -1.54. The molecule has 0 fully saturated rings. The van der Waals surface area contributed by atoms with Crippen LogP contribution in [-0.2, 0) is 12.8 Å². The van der Waals surface area contributed by atoms with Crippen molar-refractivity contribution in [3.05, 3.63) is 46.5 Å². The molecule has 1 aliphatic rings. The smallest absolute Gasteiger partial charge is 0.129 e. The van der Waals surface area contributed by atoms with Gasteiger partial charge in [-0.1, -0.05) is 29.8 Å². The van der Waals surface area contributed by atoms with Crippen LogP contribution >= 0.6 is 11.6 Å². The summed E-state index contributed by atoms with van der Waals surface area (Å²) in [7, 11) is 1.94. The van der Waals surface area contributed by atoms with Crippen molar-refractivity contribution in [3.63, 3.8) is 0 Å². The minimum atomic E-state index is 0.757. The second-order valence-corrected chi connectivity index (χ2v) is 5.34. The van der Waals surface area contributed by atoms with Crippen LogP contribution in [0.4, 0.5) is 5.82 Å². The lowest BCUT2D eigenvalue weighted by Crippen LogP contribution is -2.09. The molecule has 1 aromatic heterocycles. The molecular weight excluding hydrogens is 256 g/mol. The fraction of sp³-hybridized carbons (Fsp3) is 0.312. The topological polar surface area (TPSA) is 24.9 Å². The first-order chi connectivity index (χ1) is 9.29. The van der Waals surface area contributed by atoms with Crippen LogP contribution < -0.4 is 5.32 Å². The van der Waals surface area contributed by atoms with Crippen molar-refractivity contribution in [2.45, 2.75) is 25.7 Å². The highest BCUT2D eigenvalue weighted by atomic mass is 35.5. The van der Waals surface area contributed by atoms with Crippen LogP contribution in [0.3, 0.4) is 0 Å². The van der Waals surface area contributed by atoms with Crippen molar-refractivity contribution in [3.8, 4) is 11.3 Å². The van der Waals surface area contributed by atoms with Gasteiger partial charge in [-0.15, -0.1) is 0 Å². The number of anilines is 1. The third-order valence-electron chi connectivity index (χ3n) is 3.73. The van der Waals surface area contributed by atoms with E-state index >= 15 is 0 Å². The van der Waals surface area contributed by atoms with Crippen LogP contribution in [0.15, 0.2) is 30.3 Å². The van der Waals surface area contributed by atoms with Crippen LogP contribution in [0.5, 0.6) is 0 Å². The number of nitrogens with one attached hydrogen (secondary N) is 1. The zero-order chi connectivity index (χ0) is 13.2. The Bertz CT molecular complexity index is 590. The van der Waals surface area contributed by atoms with E-state index in [1.165, 1.54) is 24.0 Å². The summed E-state index contributed by atoms with van der Waals surface area (Å²) >= 11 is 6.28. The summed E-state index contributed by atoms with van der Waals surface area (Å²) in [6.07, 6.45) is 4.79. The minimum absolute atomic E-state index is 0.757. The predicted octanol–water partition coefficient (Wildman–Crippen LogP) is 4.32. The van der Waals surface area contributed by atoms with Gasteiger partial charge in [0.1, 0.15) is 5.82 Å². The Morgan fingerprint density at radius 3 is 2.74 bits per heavy atom. The highest BCUT2D eigenvalue weighted by Gasteiger charge is 2.16. The minimum Gasteiger partial charge on any atom is -0.373 e. The van der Waals surface area contributed by atoms with E-state index < -0.39 is 0 Å². The maximum absolute atomic E-state index is 6.28. The number of aryl methyl sites for hydroxylation is 1. The Morgan fingerprint density at radius 2 is 1.95 bits per heavy atom. The van der Waals surface area contributed by atoms with Crippen LogP contribution in [-0.4, -0.2) is 12.0 Å². The highest BCUT2D eigenvalue weighted by Crippen LogP contribution is 2.33. The first-order valence-electron chi connectivity index (χ1n) is 6.75. The fourth-order valence-electron chi connectivity index (χ4n) is 2.76. The van der Waals surface area contributed by atoms with Crippen molar-refractivity contribution >= 4 is 17.4 Å². The first-order valence-corrected chi connectivity index (χ1v) is 7.13. The molecule has 1 N–H and O–H groups in total. The molecule has 0 unspecified atom stereocenters. The van der Waals surface area contributed by atoms with Crippen LogP contribution in [0, 0.1) is 0 Å². The second kappa shape index (κ2) is 5.22. The summed E-state index contributed by atoms with van der Waals surface area (Å²) in [6.45, 7) is 0. The van der Waals surface area contributed by atoms with Gasteiger partial charge in [-0.25, -0.2) is 4.98 Å². The first kappa shape index (κ1) is 12.5. The molecule has 1 heterocycles. The average molecular weight is 273 g/mol.